The van der Waals surface area contributed by atoms with Gasteiger partial charge in [-0.1, -0.05) is 17.3 Å². The van der Waals surface area contributed by atoms with E-state index < -0.39 is 0 Å². The van der Waals surface area contributed by atoms with Gasteiger partial charge in [-0.15, -0.1) is 0 Å². The van der Waals surface area contributed by atoms with Gasteiger partial charge in [0.05, 0.1) is 18.0 Å². The molecular weight excluding hydrogens is 322 g/mol. The van der Waals surface area contributed by atoms with E-state index in [-0.39, 0.29) is 18.4 Å². The van der Waals surface area contributed by atoms with Gasteiger partial charge in [0.25, 0.3) is 0 Å². The first-order valence-corrected chi connectivity index (χ1v) is 8.13. The van der Waals surface area contributed by atoms with Crippen LogP contribution in [0.3, 0.4) is 0 Å². The number of ether oxygens (including phenoxy) is 1. The number of anilines is 1. The number of nitrogens with zero attached hydrogens (tertiary/aromatic N) is 3. The van der Waals surface area contributed by atoms with Crippen molar-refractivity contribution in [1.29, 1.82) is 0 Å². The number of benzene rings is 1. The summed E-state index contributed by atoms with van der Waals surface area (Å²) in [6.45, 7) is 2.45. The fraction of sp³-hybridized carbons (Fsp3) is 0.278. The van der Waals surface area contributed by atoms with Crippen molar-refractivity contribution in [3.05, 3.63) is 48.6 Å². The molecule has 4 rings (SSSR count). The van der Waals surface area contributed by atoms with Crippen LogP contribution in [0.25, 0.3) is 11.6 Å². The number of para-hydroxylation sites is 2. The molecule has 0 N–H and O–H groups in total. The molecule has 0 saturated carbocycles. The molecular formula is C18H17N3O4. The van der Waals surface area contributed by atoms with E-state index >= 15 is 0 Å². The van der Waals surface area contributed by atoms with E-state index in [0.717, 1.165) is 11.4 Å². The first-order valence-electron chi connectivity index (χ1n) is 8.13. The van der Waals surface area contributed by atoms with Crippen molar-refractivity contribution in [1.82, 2.24) is 10.1 Å². The lowest BCUT2D eigenvalue weighted by Gasteiger charge is -2.35. The van der Waals surface area contributed by atoms with Gasteiger partial charge in [-0.05, 0) is 31.2 Å². The molecule has 1 aromatic carbocycles. The van der Waals surface area contributed by atoms with Crippen molar-refractivity contribution >= 4 is 11.6 Å². The predicted molar refractivity (Wildman–Crippen MR) is 89.2 cm³/mol. The molecule has 0 spiro atoms. The molecule has 3 aromatic rings. The summed E-state index contributed by atoms with van der Waals surface area (Å²) in [7, 11) is 0. The SMILES string of the molecule is CC1COc2ccccc2N1C(=O)CCc1nc(-c2ccco2)no1. The lowest BCUT2D eigenvalue weighted by Crippen LogP contribution is -2.45. The van der Waals surface area contributed by atoms with Gasteiger partial charge in [0, 0.05) is 12.8 Å². The minimum absolute atomic E-state index is 0.000925. The van der Waals surface area contributed by atoms with E-state index in [0.29, 0.717) is 30.5 Å². The van der Waals surface area contributed by atoms with Crippen LogP contribution < -0.4 is 9.64 Å². The molecule has 7 heteroatoms. The molecule has 0 aliphatic carbocycles. The van der Waals surface area contributed by atoms with Gasteiger partial charge >= 0.3 is 0 Å². The lowest BCUT2D eigenvalue weighted by atomic mass is 10.1. The second-order valence-electron chi connectivity index (χ2n) is 5.88. The quantitative estimate of drug-likeness (QED) is 0.726. The van der Waals surface area contributed by atoms with Crippen LogP contribution in [-0.4, -0.2) is 28.7 Å². The number of furan rings is 1. The van der Waals surface area contributed by atoms with Crippen LogP contribution in [0, 0.1) is 0 Å². The molecule has 7 nitrogen and oxygen atoms in total. The summed E-state index contributed by atoms with van der Waals surface area (Å²) in [5, 5.41) is 3.88. The summed E-state index contributed by atoms with van der Waals surface area (Å²) in [4.78, 5) is 18.8. The van der Waals surface area contributed by atoms with Gasteiger partial charge in [-0.3, -0.25) is 4.79 Å². The van der Waals surface area contributed by atoms with E-state index in [9.17, 15) is 4.79 Å². The third-order valence-electron chi connectivity index (χ3n) is 4.08. The maximum Gasteiger partial charge on any atom is 0.238 e. The molecule has 1 amide bonds. The average Bonchev–Trinajstić information content (AvgIpc) is 3.31. The molecule has 0 bridgehead atoms. The minimum Gasteiger partial charge on any atom is -0.489 e. The Morgan fingerprint density at radius 2 is 2.16 bits per heavy atom. The molecule has 2 aromatic heterocycles. The Balaban J connectivity index is 1.46. The Morgan fingerprint density at radius 3 is 3.00 bits per heavy atom. The molecule has 128 valence electrons. The molecule has 3 heterocycles. The maximum atomic E-state index is 12.7. The van der Waals surface area contributed by atoms with Crippen LogP contribution in [0.5, 0.6) is 5.75 Å². The maximum absolute atomic E-state index is 12.7. The molecule has 1 atom stereocenters. The van der Waals surface area contributed by atoms with Crippen molar-refractivity contribution in [3.63, 3.8) is 0 Å². The monoisotopic (exact) mass is 339 g/mol. The van der Waals surface area contributed by atoms with Crippen LogP contribution >= 0.6 is 0 Å². The molecule has 0 saturated heterocycles. The van der Waals surface area contributed by atoms with Crippen LogP contribution in [0.1, 0.15) is 19.2 Å². The minimum atomic E-state index is -0.0243. The second-order valence-corrected chi connectivity index (χ2v) is 5.88. The van der Waals surface area contributed by atoms with E-state index in [4.69, 9.17) is 13.7 Å². The normalized spacial score (nSPS) is 16.4. The Bertz CT molecular complexity index is 872. The summed E-state index contributed by atoms with van der Waals surface area (Å²) < 4.78 is 16.1. The Hall–Kier alpha value is -3.09. The molecule has 0 radical (unpaired) electrons. The van der Waals surface area contributed by atoms with Crippen LogP contribution in [-0.2, 0) is 11.2 Å². The smallest absolute Gasteiger partial charge is 0.238 e. The summed E-state index contributed by atoms with van der Waals surface area (Å²) >= 11 is 0. The number of amides is 1. The highest BCUT2D eigenvalue weighted by atomic mass is 16.5. The Labute approximate surface area is 144 Å². The summed E-state index contributed by atoms with van der Waals surface area (Å²) in [6, 6.07) is 11.0. The van der Waals surface area contributed by atoms with Crippen LogP contribution in [0.4, 0.5) is 5.69 Å². The number of rotatable bonds is 4. The number of carbonyl (C=O) groups excluding carboxylic acids is 1. The average molecular weight is 339 g/mol. The zero-order chi connectivity index (χ0) is 17.2. The number of hydrogen-bond donors (Lipinski definition) is 0. The van der Waals surface area contributed by atoms with E-state index in [1.54, 1.807) is 23.3 Å². The van der Waals surface area contributed by atoms with Crippen LogP contribution in [0.15, 0.2) is 51.6 Å². The summed E-state index contributed by atoms with van der Waals surface area (Å²) in [6.07, 6.45) is 2.20. The number of hydrogen-bond acceptors (Lipinski definition) is 6. The zero-order valence-electron chi connectivity index (χ0n) is 13.7. The van der Waals surface area contributed by atoms with Gasteiger partial charge in [0.15, 0.2) is 5.76 Å². The van der Waals surface area contributed by atoms with Crippen molar-refractivity contribution < 1.29 is 18.5 Å². The summed E-state index contributed by atoms with van der Waals surface area (Å²) in [5.74, 6) is 2.07. The topological polar surface area (TPSA) is 81.6 Å². The molecule has 1 aliphatic rings. The van der Waals surface area contributed by atoms with Crippen molar-refractivity contribution in [2.24, 2.45) is 0 Å². The molecule has 0 fully saturated rings. The van der Waals surface area contributed by atoms with Gasteiger partial charge in [0.2, 0.25) is 17.6 Å². The number of aromatic nitrogens is 2. The molecule has 25 heavy (non-hydrogen) atoms. The fourth-order valence-corrected chi connectivity index (χ4v) is 2.88. The largest absolute Gasteiger partial charge is 0.489 e. The van der Waals surface area contributed by atoms with Gasteiger partial charge in [0.1, 0.15) is 12.4 Å². The molecule has 1 unspecified atom stereocenters. The van der Waals surface area contributed by atoms with E-state index in [2.05, 4.69) is 10.1 Å². The number of aryl methyl sites for hydroxylation is 1. The third-order valence-corrected chi connectivity index (χ3v) is 4.08. The number of fused-ring (bicyclic) bond motifs is 1. The highest BCUT2D eigenvalue weighted by molar-refractivity contribution is 5.96. The van der Waals surface area contributed by atoms with Gasteiger partial charge in [-0.25, -0.2) is 0 Å². The fourth-order valence-electron chi connectivity index (χ4n) is 2.88. The van der Waals surface area contributed by atoms with Crippen molar-refractivity contribution in [3.8, 4) is 17.3 Å². The van der Waals surface area contributed by atoms with Crippen LogP contribution in [0.2, 0.25) is 0 Å². The zero-order valence-corrected chi connectivity index (χ0v) is 13.7. The van der Waals surface area contributed by atoms with Crippen molar-refractivity contribution in [2.75, 3.05) is 11.5 Å². The standard InChI is InChI=1S/C18H17N3O4/c1-12-11-24-14-6-3-2-5-13(14)21(12)17(22)9-8-16-19-18(20-25-16)15-7-4-10-23-15/h2-7,10,12H,8-9,11H2,1H3. The summed E-state index contributed by atoms with van der Waals surface area (Å²) in [5.41, 5.74) is 0.799. The Morgan fingerprint density at radius 1 is 1.28 bits per heavy atom. The first-order chi connectivity index (χ1) is 12.2. The molecule has 1 aliphatic heterocycles. The third kappa shape index (κ3) is 3.00. The van der Waals surface area contributed by atoms with Crippen molar-refractivity contribution in [2.45, 2.75) is 25.8 Å². The predicted octanol–water partition coefficient (Wildman–Crippen LogP) is 3.08. The number of carbonyl (C=O) groups is 1. The highest BCUT2D eigenvalue weighted by Crippen LogP contribution is 2.34. The highest BCUT2D eigenvalue weighted by Gasteiger charge is 2.29. The lowest BCUT2D eigenvalue weighted by molar-refractivity contribution is -0.119. The first kappa shape index (κ1) is 15.4. The Kier molecular flexibility index (Phi) is 3.97. The van der Waals surface area contributed by atoms with E-state index in [1.165, 1.54) is 0 Å². The van der Waals surface area contributed by atoms with Gasteiger partial charge in [-0.2, -0.15) is 4.98 Å². The van der Waals surface area contributed by atoms with Gasteiger partial charge < -0.3 is 18.6 Å². The second kappa shape index (κ2) is 6.43. The van der Waals surface area contributed by atoms with E-state index in [1.807, 2.05) is 31.2 Å².